The van der Waals surface area contributed by atoms with E-state index in [1.807, 2.05) is 41.3 Å². The van der Waals surface area contributed by atoms with Gasteiger partial charge in [-0.2, -0.15) is 0 Å². The number of para-hydroxylation sites is 2. The minimum absolute atomic E-state index is 0.0921. The van der Waals surface area contributed by atoms with Gasteiger partial charge >= 0.3 is 6.03 Å². The third-order valence-corrected chi connectivity index (χ3v) is 6.97. The minimum Gasteiger partial charge on any atom is -0.397 e. The lowest BCUT2D eigenvalue weighted by Gasteiger charge is -2.27. The zero-order valence-electron chi connectivity index (χ0n) is 23.1. The lowest BCUT2D eigenvalue weighted by atomic mass is 10.1. The summed E-state index contributed by atoms with van der Waals surface area (Å²) in [6.07, 6.45) is 5.50. The summed E-state index contributed by atoms with van der Waals surface area (Å²) in [6, 6.07) is 20.7. The van der Waals surface area contributed by atoms with Crippen LogP contribution in [0.3, 0.4) is 0 Å². The lowest BCUT2D eigenvalue weighted by molar-refractivity contribution is 0.0371. The molecule has 0 aliphatic carbocycles. The molecule has 1 aliphatic heterocycles. The third kappa shape index (κ3) is 9.36. The Balaban J connectivity index is 1.30. The molecule has 0 spiro atoms. The molecule has 3 amide bonds. The smallest absolute Gasteiger partial charge is 0.317 e. The number of pyridine rings is 1. The summed E-state index contributed by atoms with van der Waals surface area (Å²) >= 11 is 0. The van der Waals surface area contributed by atoms with E-state index in [9.17, 15) is 9.59 Å². The number of amides is 3. The molecule has 9 nitrogen and oxygen atoms in total. The topological polar surface area (TPSA) is 113 Å². The maximum atomic E-state index is 13.2. The van der Waals surface area contributed by atoms with Crippen LogP contribution in [0, 0.1) is 0 Å². The molecule has 2 aromatic carbocycles. The van der Waals surface area contributed by atoms with Crippen molar-refractivity contribution in [2.75, 3.05) is 57.0 Å². The van der Waals surface area contributed by atoms with Gasteiger partial charge in [0.2, 0.25) is 0 Å². The molecule has 4 N–H and O–H groups in total. The Bertz CT molecular complexity index is 1200. The number of nitrogens with zero attached hydrogens (tertiary/aromatic N) is 3. The van der Waals surface area contributed by atoms with Gasteiger partial charge < -0.3 is 26.0 Å². The molecule has 0 saturated carbocycles. The van der Waals surface area contributed by atoms with Crippen LogP contribution in [0.15, 0.2) is 72.9 Å². The van der Waals surface area contributed by atoms with Gasteiger partial charge in [0, 0.05) is 38.9 Å². The van der Waals surface area contributed by atoms with Gasteiger partial charge in [0.1, 0.15) is 5.69 Å². The van der Waals surface area contributed by atoms with Crippen LogP contribution in [-0.2, 0) is 17.7 Å². The van der Waals surface area contributed by atoms with E-state index >= 15 is 0 Å². The second kappa shape index (κ2) is 15.6. The highest BCUT2D eigenvalue weighted by molar-refractivity contribution is 6.04. The van der Waals surface area contributed by atoms with Crippen LogP contribution in [0.25, 0.3) is 0 Å². The van der Waals surface area contributed by atoms with E-state index in [0.29, 0.717) is 31.0 Å². The first-order valence-electron chi connectivity index (χ1n) is 14.1. The van der Waals surface area contributed by atoms with Crippen LogP contribution in [-0.4, -0.2) is 72.7 Å². The Hall–Kier alpha value is -3.95. The van der Waals surface area contributed by atoms with E-state index in [4.69, 9.17) is 10.5 Å². The fraction of sp³-hybridized carbons (Fsp3) is 0.387. The zero-order valence-corrected chi connectivity index (χ0v) is 23.1. The molecule has 4 rings (SSSR count). The number of nitrogen functional groups attached to an aromatic ring is 1. The predicted molar refractivity (Wildman–Crippen MR) is 158 cm³/mol. The number of benzene rings is 2. The molecule has 212 valence electrons. The zero-order chi connectivity index (χ0) is 28.0. The number of carbonyl (C=O) groups is 2. The molecule has 1 aliphatic rings. The Morgan fingerprint density at radius 1 is 0.925 bits per heavy atom. The number of hydrogen-bond donors (Lipinski definition) is 3. The van der Waals surface area contributed by atoms with Gasteiger partial charge in [0.05, 0.1) is 24.6 Å². The van der Waals surface area contributed by atoms with E-state index in [0.717, 1.165) is 64.1 Å². The molecule has 1 aromatic heterocycles. The number of nitrogens with one attached hydrogen (secondary N) is 2. The molecule has 9 heteroatoms. The molecule has 0 unspecified atom stereocenters. The summed E-state index contributed by atoms with van der Waals surface area (Å²) < 4.78 is 5.43. The summed E-state index contributed by atoms with van der Waals surface area (Å²) in [5, 5.41) is 5.87. The number of rotatable bonds is 13. The average Bonchev–Trinajstić information content (AvgIpc) is 2.99. The normalized spacial score (nSPS) is 13.5. The number of anilines is 2. The van der Waals surface area contributed by atoms with Crippen molar-refractivity contribution < 1.29 is 14.3 Å². The van der Waals surface area contributed by atoms with E-state index in [1.165, 1.54) is 5.56 Å². The third-order valence-electron chi connectivity index (χ3n) is 6.97. The Labute approximate surface area is 236 Å². The number of aromatic nitrogens is 1. The number of morpholine rings is 1. The highest BCUT2D eigenvalue weighted by Gasteiger charge is 2.16. The van der Waals surface area contributed by atoms with Crippen LogP contribution >= 0.6 is 0 Å². The first-order chi connectivity index (χ1) is 19.6. The van der Waals surface area contributed by atoms with Crippen LogP contribution in [0.5, 0.6) is 0 Å². The fourth-order valence-corrected chi connectivity index (χ4v) is 4.63. The molecule has 1 saturated heterocycles. The van der Waals surface area contributed by atoms with Crippen molar-refractivity contribution in [1.82, 2.24) is 20.1 Å². The molecule has 0 radical (unpaired) electrons. The highest BCUT2D eigenvalue weighted by atomic mass is 16.5. The van der Waals surface area contributed by atoms with E-state index in [2.05, 4.69) is 32.7 Å². The van der Waals surface area contributed by atoms with Crippen molar-refractivity contribution in [3.05, 3.63) is 89.7 Å². The summed E-state index contributed by atoms with van der Waals surface area (Å²) in [4.78, 5) is 34.4. The van der Waals surface area contributed by atoms with Crippen molar-refractivity contribution in [1.29, 1.82) is 0 Å². The largest absolute Gasteiger partial charge is 0.397 e. The predicted octanol–water partition coefficient (Wildman–Crippen LogP) is 4.17. The maximum Gasteiger partial charge on any atom is 0.317 e. The molecule has 2 heterocycles. The minimum atomic E-state index is -0.333. The molecular formula is C31H40N6O3. The number of urea groups is 1. The molecule has 3 aromatic rings. The summed E-state index contributed by atoms with van der Waals surface area (Å²) in [7, 11) is 0. The van der Waals surface area contributed by atoms with Crippen LogP contribution in [0.1, 0.15) is 40.9 Å². The lowest BCUT2D eigenvalue weighted by Crippen LogP contribution is -2.41. The van der Waals surface area contributed by atoms with Crippen molar-refractivity contribution in [2.45, 2.75) is 32.2 Å². The fourth-order valence-electron chi connectivity index (χ4n) is 4.63. The summed E-state index contributed by atoms with van der Waals surface area (Å²) in [6.45, 7) is 6.31. The van der Waals surface area contributed by atoms with Crippen molar-refractivity contribution >= 4 is 23.3 Å². The highest BCUT2D eigenvalue weighted by Crippen LogP contribution is 2.18. The van der Waals surface area contributed by atoms with Gasteiger partial charge in [-0.15, -0.1) is 0 Å². The number of nitrogens with two attached hydrogens (primary N) is 1. The number of carbonyl (C=O) groups excluding carboxylic acids is 2. The van der Waals surface area contributed by atoms with E-state index in [-0.39, 0.29) is 17.6 Å². The monoisotopic (exact) mass is 544 g/mol. The number of hydrogen-bond acceptors (Lipinski definition) is 6. The second-order valence-electron chi connectivity index (χ2n) is 10.00. The van der Waals surface area contributed by atoms with Crippen molar-refractivity contribution in [3.8, 4) is 0 Å². The van der Waals surface area contributed by atoms with Gasteiger partial charge in [-0.05, 0) is 55.1 Å². The summed E-state index contributed by atoms with van der Waals surface area (Å²) in [5.74, 6) is -0.333. The Kier molecular flexibility index (Phi) is 11.3. The average molecular weight is 545 g/mol. The first-order valence-corrected chi connectivity index (χ1v) is 14.1. The molecular weight excluding hydrogens is 504 g/mol. The first kappa shape index (κ1) is 29.0. The maximum absolute atomic E-state index is 13.2. The molecule has 40 heavy (non-hydrogen) atoms. The molecule has 0 bridgehead atoms. The van der Waals surface area contributed by atoms with E-state index in [1.54, 1.807) is 24.4 Å². The second-order valence-corrected chi connectivity index (χ2v) is 10.00. The van der Waals surface area contributed by atoms with Gasteiger partial charge in [0.15, 0.2) is 0 Å². The van der Waals surface area contributed by atoms with Gasteiger partial charge in [-0.3, -0.25) is 14.7 Å². The van der Waals surface area contributed by atoms with Crippen molar-refractivity contribution in [2.24, 2.45) is 0 Å². The van der Waals surface area contributed by atoms with Crippen LogP contribution < -0.4 is 16.4 Å². The van der Waals surface area contributed by atoms with Crippen molar-refractivity contribution in [3.63, 3.8) is 0 Å². The Morgan fingerprint density at radius 2 is 1.70 bits per heavy atom. The van der Waals surface area contributed by atoms with E-state index < -0.39 is 0 Å². The Morgan fingerprint density at radius 3 is 2.45 bits per heavy atom. The molecule has 1 fully saturated rings. The standard InChI is InChI=1S/C31H40N6O3/c32-27-11-5-6-12-28(27)35-30(38)29-14-13-26(23-34-29)24-37(18-8-2-7-17-36-19-21-40-22-20-36)31(39)33-16-15-25-9-3-1-4-10-25/h1,3-6,9-14,23H,2,7-8,15-22,24,32H2,(H,33,39)(H,35,38). The molecule has 0 atom stereocenters. The summed E-state index contributed by atoms with van der Waals surface area (Å²) in [5.41, 5.74) is 9.31. The number of unbranched alkanes of at least 4 members (excludes halogenated alkanes) is 2. The van der Waals surface area contributed by atoms with Gasteiger partial charge in [-0.25, -0.2) is 4.79 Å². The van der Waals surface area contributed by atoms with Crippen LogP contribution in [0.4, 0.5) is 16.2 Å². The van der Waals surface area contributed by atoms with Gasteiger partial charge in [-0.1, -0.05) is 55.0 Å². The SMILES string of the molecule is Nc1ccccc1NC(=O)c1ccc(CN(CCCCCN2CCOCC2)C(=O)NCCc2ccccc2)cn1. The quantitative estimate of drug-likeness (QED) is 0.220. The van der Waals surface area contributed by atoms with Gasteiger partial charge in [0.25, 0.3) is 5.91 Å². The number of ether oxygens (including phenoxy) is 1. The van der Waals surface area contributed by atoms with Crippen LogP contribution in [0.2, 0.25) is 0 Å².